The van der Waals surface area contributed by atoms with E-state index in [0.29, 0.717) is 6.04 Å². The molecule has 6 rings (SSSR count). The lowest BCUT2D eigenvalue weighted by molar-refractivity contribution is 0.133. The molecular formula is C27H32N2. The highest BCUT2D eigenvalue weighted by molar-refractivity contribution is 5.87. The minimum absolute atomic E-state index is 0.596. The fourth-order valence-corrected chi connectivity index (χ4v) is 6.39. The van der Waals surface area contributed by atoms with Crippen molar-refractivity contribution in [3.63, 3.8) is 0 Å². The third-order valence-electron chi connectivity index (χ3n) is 7.81. The summed E-state index contributed by atoms with van der Waals surface area (Å²) in [5, 5.41) is 1.58. The van der Waals surface area contributed by atoms with Crippen molar-refractivity contribution in [2.24, 2.45) is 0 Å². The summed E-state index contributed by atoms with van der Waals surface area (Å²) in [4.78, 5) is 2.74. The van der Waals surface area contributed by atoms with Crippen LogP contribution in [-0.4, -0.2) is 16.0 Å². The fourth-order valence-electron chi connectivity index (χ4n) is 6.39. The molecule has 150 valence electrons. The zero-order chi connectivity index (χ0) is 19.2. The van der Waals surface area contributed by atoms with Crippen LogP contribution in [0.2, 0.25) is 0 Å². The molecule has 2 nitrogen and oxygen atoms in total. The molecule has 0 radical (unpaired) electrons. The molecule has 2 aromatic carbocycles. The molecule has 2 heterocycles. The first kappa shape index (κ1) is 17.8. The van der Waals surface area contributed by atoms with Crippen LogP contribution >= 0.6 is 0 Å². The second-order valence-electron chi connectivity index (χ2n) is 9.49. The van der Waals surface area contributed by atoms with Crippen molar-refractivity contribution in [1.82, 2.24) is 9.47 Å². The van der Waals surface area contributed by atoms with Crippen LogP contribution in [0.3, 0.4) is 0 Å². The predicted molar refractivity (Wildman–Crippen MR) is 120 cm³/mol. The molecule has 1 aromatic heterocycles. The SMILES string of the molecule is c1ccc(CN2CCn3c4c(c5cc(C6CCCCC6)ccc53)CCCC42)cc1. The van der Waals surface area contributed by atoms with Gasteiger partial charge in [0.2, 0.25) is 0 Å². The lowest BCUT2D eigenvalue weighted by Gasteiger charge is -2.40. The van der Waals surface area contributed by atoms with Gasteiger partial charge in [-0.15, -0.1) is 0 Å². The molecule has 0 amide bonds. The Labute approximate surface area is 174 Å². The van der Waals surface area contributed by atoms with Gasteiger partial charge in [0.25, 0.3) is 0 Å². The number of benzene rings is 2. The third kappa shape index (κ3) is 3.04. The lowest BCUT2D eigenvalue weighted by Crippen LogP contribution is -2.39. The lowest BCUT2D eigenvalue weighted by atomic mass is 9.83. The standard InChI is InChI=1S/C27H32N2/c1-3-8-20(9-4-1)19-28-16-17-29-25-15-14-22(21-10-5-2-6-11-21)18-24(25)23-12-7-13-26(28)27(23)29/h1,3-4,8-9,14-15,18,21,26H,2,5-7,10-13,16-17,19H2. The summed E-state index contributed by atoms with van der Waals surface area (Å²) in [6.45, 7) is 3.39. The molecular weight excluding hydrogens is 352 g/mol. The van der Waals surface area contributed by atoms with Gasteiger partial charge in [-0.3, -0.25) is 4.90 Å². The van der Waals surface area contributed by atoms with Gasteiger partial charge >= 0.3 is 0 Å². The minimum atomic E-state index is 0.596. The van der Waals surface area contributed by atoms with E-state index in [1.165, 1.54) is 69.0 Å². The van der Waals surface area contributed by atoms with E-state index in [1.807, 2.05) is 0 Å². The highest BCUT2D eigenvalue weighted by atomic mass is 15.2. The smallest absolute Gasteiger partial charge is 0.0508 e. The summed E-state index contributed by atoms with van der Waals surface area (Å²) < 4.78 is 2.68. The minimum Gasteiger partial charge on any atom is -0.342 e. The van der Waals surface area contributed by atoms with Crippen LogP contribution in [0, 0.1) is 0 Å². The summed E-state index contributed by atoms with van der Waals surface area (Å²) in [5.41, 5.74) is 7.88. The van der Waals surface area contributed by atoms with E-state index in [2.05, 4.69) is 58.0 Å². The van der Waals surface area contributed by atoms with Gasteiger partial charge in [-0.25, -0.2) is 0 Å². The van der Waals surface area contributed by atoms with Crippen LogP contribution in [-0.2, 0) is 19.5 Å². The summed E-state index contributed by atoms with van der Waals surface area (Å²) in [6.07, 6.45) is 11.0. The van der Waals surface area contributed by atoms with Crippen LogP contribution < -0.4 is 0 Å². The van der Waals surface area contributed by atoms with Crippen molar-refractivity contribution in [3.8, 4) is 0 Å². The molecule has 1 unspecified atom stereocenters. The van der Waals surface area contributed by atoms with Gasteiger partial charge in [-0.1, -0.05) is 55.7 Å². The third-order valence-corrected chi connectivity index (χ3v) is 7.81. The van der Waals surface area contributed by atoms with Crippen molar-refractivity contribution in [2.45, 2.75) is 76.4 Å². The number of aryl methyl sites for hydroxylation is 1. The van der Waals surface area contributed by atoms with Gasteiger partial charge < -0.3 is 4.57 Å². The molecule has 3 aromatic rings. The number of hydrogen-bond donors (Lipinski definition) is 0. The van der Waals surface area contributed by atoms with E-state index in [1.54, 1.807) is 22.2 Å². The first-order valence-corrected chi connectivity index (χ1v) is 11.8. The predicted octanol–water partition coefficient (Wildman–Crippen LogP) is 6.58. The quantitative estimate of drug-likeness (QED) is 0.495. The van der Waals surface area contributed by atoms with Crippen molar-refractivity contribution in [3.05, 3.63) is 70.9 Å². The van der Waals surface area contributed by atoms with Crippen LogP contribution in [0.15, 0.2) is 48.5 Å². The second kappa shape index (κ2) is 7.32. The van der Waals surface area contributed by atoms with Gasteiger partial charge in [0.05, 0.1) is 6.04 Å². The van der Waals surface area contributed by atoms with E-state index >= 15 is 0 Å². The average Bonchev–Trinajstić information content (AvgIpc) is 3.11. The molecule has 2 heteroatoms. The van der Waals surface area contributed by atoms with Crippen molar-refractivity contribution in [1.29, 1.82) is 0 Å². The van der Waals surface area contributed by atoms with Gasteiger partial charge in [0.15, 0.2) is 0 Å². The number of hydrogen-bond acceptors (Lipinski definition) is 1. The first-order chi connectivity index (χ1) is 14.4. The van der Waals surface area contributed by atoms with Gasteiger partial charge in [0, 0.05) is 36.2 Å². The maximum absolute atomic E-state index is 2.74. The Morgan fingerprint density at radius 3 is 2.55 bits per heavy atom. The maximum Gasteiger partial charge on any atom is 0.0508 e. The van der Waals surface area contributed by atoms with Gasteiger partial charge in [0.1, 0.15) is 0 Å². The molecule has 1 saturated carbocycles. The maximum atomic E-state index is 2.74. The fraction of sp³-hybridized carbons (Fsp3) is 0.481. The first-order valence-electron chi connectivity index (χ1n) is 11.8. The second-order valence-corrected chi connectivity index (χ2v) is 9.49. The molecule has 1 fully saturated rings. The molecule has 0 spiro atoms. The highest BCUT2D eigenvalue weighted by Gasteiger charge is 2.34. The summed E-state index contributed by atoms with van der Waals surface area (Å²) >= 11 is 0. The van der Waals surface area contributed by atoms with Crippen LogP contribution in [0.1, 0.15) is 79.3 Å². The molecule has 0 saturated heterocycles. The molecule has 1 atom stereocenters. The molecule has 3 aliphatic rings. The summed E-state index contributed by atoms with van der Waals surface area (Å²) in [5.74, 6) is 0.797. The van der Waals surface area contributed by atoms with Crippen LogP contribution in [0.25, 0.3) is 10.9 Å². The Kier molecular flexibility index (Phi) is 4.49. The Morgan fingerprint density at radius 1 is 0.828 bits per heavy atom. The molecule has 0 N–H and O–H groups in total. The highest BCUT2D eigenvalue weighted by Crippen LogP contribution is 2.44. The largest absolute Gasteiger partial charge is 0.342 e. The van der Waals surface area contributed by atoms with Gasteiger partial charge in [-0.2, -0.15) is 0 Å². The Bertz CT molecular complexity index is 1010. The Hall–Kier alpha value is -2.06. The molecule has 1 aliphatic heterocycles. The van der Waals surface area contributed by atoms with E-state index in [4.69, 9.17) is 0 Å². The van der Waals surface area contributed by atoms with Gasteiger partial charge in [-0.05, 0) is 66.8 Å². The Morgan fingerprint density at radius 2 is 1.69 bits per heavy atom. The normalized spacial score (nSPS) is 22.7. The molecule has 2 aliphatic carbocycles. The van der Waals surface area contributed by atoms with Crippen molar-refractivity contribution >= 4 is 10.9 Å². The van der Waals surface area contributed by atoms with Crippen molar-refractivity contribution < 1.29 is 0 Å². The molecule has 0 bridgehead atoms. The Balaban J connectivity index is 1.39. The van der Waals surface area contributed by atoms with Crippen molar-refractivity contribution in [2.75, 3.05) is 6.54 Å². The number of nitrogens with zero attached hydrogens (tertiary/aromatic N) is 2. The van der Waals surface area contributed by atoms with Crippen LogP contribution in [0.4, 0.5) is 0 Å². The van der Waals surface area contributed by atoms with Crippen LogP contribution in [0.5, 0.6) is 0 Å². The summed E-state index contributed by atoms with van der Waals surface area (Å²) in [6, 6.07) is 19.1. The van der Waals surface area contributed by atoms with E-state index in [-0.39, 0.29) is 0 Å². The number of aromatic nitrogens is 1. The zero-order valence-electron chi connectivity index (χ0n) is 17.4. The van der Waals surface area contributed by atoms with E-state index in [9.17, 15) is 0 Å². The number of fused-ring (bicyclic) bond motifs is 3. The molecule has 29 heavy (non-hydrogen) atoms. The average molecular weight is 385 g/mol. The van der Waals surface area contributed by atoms with E-state index < -0.39 is 0 Å². The topological polar surface area (TPSA) is 8.17 Å². The summed E-state index contributed by atoms with van der Waals surface area (Å²) in [7, 11) is 0. The number of rotatable bonds is 3. The monoisotopic (exact) mass is 384 g/mol. The zero-order valence-corrected chi connectivity index (χ0v) is 17.4. The van der Waals surface area contributed by atoms with E-state index in [0.717, 1.165) is 19.0 Å².